The number of aromatic amines is 1. The molecule has 0 saturated heterocycles. The fraction of sp³-hybridized carbons (Fsp3) is 0.375. The maximum absolute atomic E-state index is 12.7. The summed E-state index contributed by atoms with van der Waals surface area (Å²) in [6.07, 6.45) is 1.51. The first-order chi connectivity index (χ1) is 10.3. The molecule has 118 valence electrons. The number of carbonyl (C=O) groups excluding carboxylic acids is 1. The number of hydrogen-bond acceptors (Lipinski definition) is 3. The van der Waals surface area contributed by atoms with Crippen LogP contribution >= 0.6 is 11.6 Å². The Morgan fingerprint density at radius 3 is 2.77 bits per heavy atom. The van der Waals surface area contributed by atoms with Crippen LogP contribution in [0.4, 0.5) is 0 Å². The van der Waals surface area contributed by atoms with E-state index >= 15 is 0 Å². The van der Waals surface area contributed by atoms with Gasteiger partial charge in [0.1, 0.15) is 0 Å². The first-order valence-corrected chi connectivity index (χ1v) is 7.50. The molecule has 1 heterocycles. The minimum absolute atomic E-state index is 0.173. The van der Waals surface area contributed by atoms with Crippen LogP contribution in [-0.4, -0.2) is 44.8 Å². The van der Waals surface area contributed by atoms with E-state index in [1.54, 1.807) is 30.9 Å². The van der Waals surface area contributed by atoms with Crippen molar-refractivity contribution in [2.45, 2.75) is 26.4 Å². The van der Waals surface area contributed by atoms with Crippen molar-refractivity contribution in [3.8, 4) is 11.3 Å². The molecule has 0 aliphatic rings. The van der Waals surface area contributed by atoms with Gasteiger partial charge in [0.15, 0.2) is 0 Å². The topological polar surface area (TPSA) is 69.2 Å². The molecule has 0 bridgehead atoms. The van der Waals surface area contributed by atoms with Crippen LogP contribution in [0.2, 0.25) is 5.02 Å². The van der Waals surface area contributed by atoms with Gasteiger partial charge in [-0.3, -0.25) is 9.89 Å². The Labute approximate surface area is 134 Å². The SMILES string of the molecule is CCN(CC(C)(C)O)C(=O)c1cn[nH]c1-c1cccc(Cl)c1. The molecule has 2 rings (SSSR count). The lowest BCUT2D eigenvalue weighted by Crippen LogP contribution is -2.42. The minimum Gasteiger partial charge on any atom is -0.389 e. The molecule has 2 N–H and O–H groups in total. The summed E-state index contributed by atoms with van der Waals surface area (Å²) in [4.78, 5) is 14.3. The van der Waals surface area contributed by atoms with Crippen molar-refractivity contribution < 1.29 is 9.90 Å². The number of hydrogen-bond donors (Lipinski definition) is 2. The van der Waals surface area contributed by atoms with Gasteiger partial charge in [-0.2, -0.15) is 5.10 Å². The number of likely N-dealkylation sites (N-methyl/N-ethyl adjacent to an activating group) is 1. The van der Waals surface area contributed by atoms with Gasteiger partial charge in [-0.25, -0.2) is 0 Å². The summed E-state index contributed by atoms with van der Waals surface area (Å²) >= 11 is 6.01. The van der Waals surface area contributed by atoms with Gasteiger partial charge in [-0.1, -0.05) is 23.7 Å². The van der Waals surface area contributed by atoms with E-state index in [1.165, 1.54) is 6.20 Å². The molecular weight excluding hydrogens is 302 g/mol. The highest BCUT2D eigenvalue weighted by Gasteiger charge is 2.25. The minimum atomic E-state index is -0.953. The van der Waals surface area contributed by atoms with E-state index in [0.29, 0.717) is 22.8 Å². The first kappa shape index (κ1) is 16.5. The second-order valence-corrected chi connectivity index (χ2v) is 6.24. The fourth-order valence-electron chi connectivity index (χ4n) is 2.28. The molecule has 0 aliphatic carbocycles. The number of rotatable bonds is 5. The molecule has 5 nitrogen and oxygen atoms in total. The van der Waals surface area contributed by atoms with E-state index in [4.69, 9.17) is 11.6 Å². The number of nitrogens with one attached hydrogen (secondary N) is 1. The second kappa shape index (κ2) is 6.50. The van der Waals surface area contributed by atoms with Gasteiger partial charge in [0, 0.05) is 23.7 Å². The average molecular weight is 322 g/mol. The first-order valence-electron chi connectivity index (χ1n) is 7.13. The number of amides is 1. The lowest BCUT2D eigenvalue weighted by molar-refractivity contribution is 0.0315. The Morgan fingerprint density at radius 1 is 1.45 bits per heavy atom. The van der Waals surface area contributed by atoms with E-state index in [0.717, 1.165) is 5.56 Å². The number of H-pyrrole nitrogens is 1. The van der Waals surface area contributed by atoms with Gasteiger partial charge in [-0.15, -0.1) is 0 Å². The summed E-state index contributed by atoms with van der Waals surface area (Å²) in [5.41, 5.74) is 0.939. The van der Waals surface area contributed by atoms with Crippen molar-refractivity contribution in [1.82, 2.24) is 15.1 Å². The average Bonchev–Trinajstić information content (AvgIpc) is 2.92. The summed E-state index contributed by atoms with van der Waals surface area (Å²) in [5.74, 6) is -0.173. The molecule has 0 unspecified atom stereocenters. The van der Waals surface area contributed by atoms with Crippen molar-refractivity contribution in [3.05, 3.63) is 41.0 Å². The number of aliphatic hydroxyl groups is 1. The largest absolute Gasteiger partial charge is 0.389 e. The standard InChI is InChI=1S/C16H20ClN3O2/c1-4-20(10-16(2,3)22)15(21)13-9-18-19-14(13)11-6-5-7-12(17)8-11/h5-9,22H,4,10H2,1-3H3,(H,18,19). The van der Waals surface area contributed by atoms with E-state index in [1.807, 2.05) is 19.1 Å². The summed E-state index contributed by atoms with van der Waals surface area (Å²) < 4.78 is 0. The Kier molecular flexibility index (Phi) is 4.88. The molecule has 1 amide bonds. The van der Waals surface area contributed by atoms with Gasteiger partial charge in [0.05, 0.1) is 23.1 Å². The third-order valence-corrected chi connectivity index (χ3v) is 3.46. The number of carbonyl (C=O) groups is 1. The lowest BCUT2D eigenvalue weighted by atomic mass is 10.1. The fourth-order valence-corrected chi connectivity index (χ4v) is 2.47. The molecule has 0 saturated carbocycles. The van der Waals surface area contributed by atoms with Crippen LogP contribution in [-0.2, 0) is 0 Å². The zero-order valence-electron chi connectivity index (χ0n) is 12.9. The third kappa shape index (κ3) is 3.87. The maximum Gasteiger partial charge on any atom is 0.257 e. The zero-order chi connectivity index (χ0) is 16.3. The molecule has 22 heavy (non-hydrogen) atoms. The quantitative estimate of drug-likeness (QED) is 0.889. The normalized spacial score (nSPS) is 11.5. The smallest absolute Gasteiger partial charge is 0.257 e. The van der Waals surface area contributed by atoms with Crippen LogP contribution in [0.1, 0.15) is 31.1 Å². The van der Waals surface area contributed by atoms with Crippen molar-refractivity contribution in [2.75, 3.05) is 13.1 Å². The molecule has 0 radical (unpaired) electrons. The van der Waals surface area contributed by atoms with E-state index in [9.17, 15) is 9.90 Å². The number of nitrogens with zero attached hydrogens (tertiary/aromatic N) is 2. The van der Waals surface area contributed by atoms with Crippen molar-refractivity contribution >= 4 is 17.5 Å². The predicted octanol–water partition coefficient (Wildman–Crippen LogP) is 2.96. The highest BCUT2D eigenvalue weighted by Crippen LogP contribution is 2.25. The van der Waals surface area contributed by atoms with Crippen LogP contribution < -0.4 is 0 Å². The Balaban J connectivity index is 2.34. The highest BCUT2D eigenvalue weighted by atomic mass is 35.5. The number of benzene rings is 1. The van der Waals surface area contributed by atoms with Gasteiger partial charge in [0.2, 0.25) is 0 Å². The van der Waals surface area contributed by atoms with Crippen molar-refractivity contribution in [2.24, 2.45) is 0 Å². The zero-order valence-corrected chi connectivity index (χ0v) is 13.7. The lowest BCUT2D eigenvalue weighted by Gasteiger charge is -2.28. The van der Waals surface area contributed by atoms with Crippen molar-refractivity contribution in [1.29, 1.82) is 0 Å². The Morgan fingerprint density at radius 2 is 2.18 bits per heavy atom. The summed E-state index contributed by atoms with van der Waals surface area (Å²) in [5, 5.41) is 17.4. The molecule has 1 aromatic heterocycles. The van der Waals surface area contributed by atoms with Crippen LogP contribution in [0, 0.1) is 0 Å². The molecule has 6 heteroatoms. The van der Waals surface area contributed by atoms with E-state index < -0.39 is 5.60 Å². The predicted molar refractivity (Wildman–Crippen MR) is 86.9 cm³/mol. The van der Waals surface area contributed by atoms with Crippen LogP contribution in [0.25, 0.3) is 11.3 Å². The maximum atomic E-state index is 12.7. The van der Waals surface area contributed by atoms with E-state index in [2.05, 4.69) is 10.2 Å². The monoisotopic (exact) mass is 321 g/mol. The van der Waals surface area contributed by atoms with Crippen LogP contribution in [0.15, 0.2) is 30.5 Å². The van der Waals surface area contributed by atoms with E-state index in [-0.39, 0.29) is 12.5 Å². The molecule has 0 fully saturated rings. The third-order valence-electron chi connectivity index (χ3n) is 3.23. The van der Waals surface area contributed by atoms with Crippen molar-refractivity contribution in [3.63, 3.8) is 0 Å². The number of aromatic nitrogens is 2. The summed E-state index contributed by atoms with van der Waals surface area (Å²) in [6.45, 7) is 5.99. The molecule has 2 aromatic rings. The molecular formula is C16H20ClN3O2. The Bertz CT molecular complexity index is 661. The van der Waals surface area contributed by atoms with Gasteiger partial charge in [-0.05, 0) is 32.9 Å². The Hall–Kier alpha value is -1.85. The molecule has 0 atom stereocenters. The summed E-state index contributed by atoms with van der Waals surface area (Å²) in [6, 6.07) is 7.23. The van der Waals surface area contributed by atoms with Crippen LogP contribution in [0.3, 0.4) is 0 Å². The van der Waals surface area contributed by atoms with Gasteiger partial charge in [0.25, 0.3) is 5.91 Å². The molecule has 0 spiro atoms. The second-order valence-electron chi connectivity index (χ2n) is 5.80. The molecule has 1 aromatic carbocycles. The van der Waals surface area contributed by atoms with Gasteiger partial charge >= 0.3 is 0 Å². The van der Waals surface area contributed by atoms with Crippen LogP contribution in [0.5, 0.6) is 0 Å². The van der Waals surface area contributed by atoms with Gasteiger partial charge < -0.3 is 10.0 Å². The molecule has 0 aliphatic heterocycles. The number of halogens is 1. The highest BCUT2D eigenvalue weighted by molar-refractivity contribution is 6.30. The summed E-state index contributed by atoms with van der Waals surface area (Å²) in [7, 11) is 0.